The van der Waals surface area contributed by atoms with Crippen molar-refractivity contribution >= 4 is 30.1 Å². The highest BCUT2D eigenvalue weighted by molar-refractivity contribution is 5.78. The van der Waals surface area contributed by atoms with E-state index in [-0.39, 0.29) is 18.5 Å². The lowest BCUT2D eigenvalue weighted by molar-refractivity contribution is -0.107. The molecular weight excluding hydrogens is 336 g/mol. The average Bonchev–Trinajstić information content (AvgIpc) is 3.02. The summed E-state index contributed by atoms with van der Waals surface area (Å²) < 4.78 is 30.8. The summed E-state index contributed by atoms with van der Waals surface area (Å²) in [6.45, 7) is 2.18. The van der Waals surface area contributed by atoms with Crippen LogP contribution in [0.3, 0.4) is 0 Å². The van der Waals surface area contributed by atoms with Crippen LogP contribution in [0.2, 0.25) is 0 Å². The number of rotatable bonds is 1. The molecule has 134 valence electrons. The first kappa shape index (κ1) is 21.6. The van der Waals surface area contributed by atoms with Gasteiger partial charge in [-0.3, -0.25) is 4.79 Å². The van der Waals surface area contributed by atoms with Gasteiger partial charge < -0.3 is 26.4 Å². The molecule has 0 radical (unpaired) electrons. The number of benzene rings is 1. The largest absolute Gasteiger partial charge is 0.457 e. The molecule has 1 amide bonds. The van der Waals surface area contributed by atoms with Crippen LogP contribution < -0.4 is 17.2 Å². The number of aromatic nitrogens is 2. The maximum absolute atomic E-state index is 13.0. The molecule has 0 bridgehead atoms. The third kappa shape index (κ3) is 7.61. The Kier molecular flexibility index (Phi) is 10.4. The van der Waals surface area contributed by atoms with Crippen molar-refractivity contribution in [1.29, 1.82) is 0 Å². The second-order valence-corrected chi connectivity index (χ2v) is 3.97. The van der Waals surface area contributed by atoms with Crippen molar-refractivity contribution in [2.24, 2.45) is 11.5 Å². The van der Waals surface area contributed by atoms with E-state index in [1.54, 1.807) is 18.5 Å². The van der Waals surface area contributed by atoms with Gasteiger partial charge >= 0.3 is 0 Å². The summed E-state index contributed by atoms with van der Waals surface area (Å²) in [5.74, 6) is -0.550. The number of fused-ring (bicyclic) bond motifs is 1. The number of carbonyl (C=O) groups is 2. The fraction of sp³-hybridized carbons (Fsp3) is 0.0667. The van der Waals surface area contributed by atoms with Gasteiger partial charge in [-0.05, 0) is 18.2 Å². The van der Waals surface area contributed by atoms with Gasteiger partial charge in [0.05, 0.1) is 6.54 Å². The molecule has 0 fully saturated rings. The molecule has 0 spiro atoms. The second-order valence-electron chi connectivity index (χ2n) is 3.97. The molecule has 0 aliphatic rings. The minimum Gasteiger partial charge on any atom is -0.457 e. The first-order valence-corrected chi connectivity index (χ1v) is 6.56. The van der Waals surface area contributed by atoms with E-state index >= 15 is 0 Å². The van der Waals surface area contributed by atoms with Crippen LogP contribution >= 0.6 is 0 Å². The molecule has 0 saturated heterocycles. The number of anilines is 1. The lowest BCUT2D eigenvalue weighted by atomic mass is 10.2. The topological polar surface area (TPSA) is 151 Å². The summed E-state index contributed by atoms with van der Waals surface area (Å²) in [7, 11) is 0. The maximum Gasteiger partial charge on any atom is 0.219 e. The number of hydrogen-bond donors (Lipinski definition) is 3. The Morgan fingerprint density at radius 1 is 1.16 bits per heavy atom. The van der Waals surface area contributed by atoms with E-state index < -0.39 is 11.6 Å². The van der Waals surface area contributed by atoms with Crippen LogP contribution in [0, 0.1) is 11.6 Å². The van der Waals surface area contributed by atoms with Crippen molar-refractivity contribution in [3.05, 3.63) is 54.1 Å². The molecule has 25 heavy (non-hydrogen) atoms. The van der Waals surface area contributed by atoms with Crippen LogP contribution in [0.15, 0.2) is 41.1 Å². The van der Waals surface area contributed by atoms with E-state index in [2.05, 4.69) is 15.7 Å². The van der Waals surface area contributed by atoms with Gasteiger partial charge in [-0.25, -0.2) is 18.7 Å². The third-order valence-electron chi connectivity index (χ3n) is 2.37. The zero-order valence-corrected chi connectivity index (χ0v) is 13.1. The van der Waals surface area contributed by atoms with Crippen LogP contribution in [0.1, 0.15) is 5.76 Å². The molecule has 8 nitrogen and oxygen atoms in total. The molecule has 0 aliphatic heterocycles. The van der Waals surface area contributed by atoms with Crippen molar-refractivity contribution < 1.29 is 22.8 Å². The number of primary amides is 1. The highest BCUT2D eigenvalue weighted by atomic mass is 19.1. The zero-order valence-electron chi connectivity index (χ0n) is 13.1. The normalized spacial score (nSPS) is 8.76. The number of nitrogens with zero attached hydrogens (tertiary/aromatic N) is 2. The van der Waals surface area contributed by atoms with Crippen LogP contribution in [-0.2, 0) is 16.1 Å². The number of nitrogen functional groups attached to an aromatic ring is 1. The van der Waals surface area contributed by atoms with E-state index in [1.165, 1.54) is 12.1 Å². The Labute approximate surface area is 141 Å². The van der Waals surface area contributed by atoms with E-state index in [0.717, 1.165) is 6.07 Å². The molecule has 0 unspecified atom stereocenters. The number of nitrogens with two attached hydrogens (primary N) is 3. The number of amides is 1. The van der Waals surface area contributed by atoms with Crippen LogP contribution in [0.25, 0.3) is 11.0 Å². The zero-order chi connectivity index (χ0) is 19.2. The lowest BCUT2D eigenvalue weighted by Gasteiger charge is -1.90. The summed E-state index contributed by atoms with van der Waals surface area (Å²) in [6, 6.07) is 5.24. The molecule has 1 aromatic carbocycles. The smallest absolute Gasteiger partial charge is 0.219 e. The molecule has 10 heteroatoms. The predicted octanol–water partition coefficient (Wildman–Crippen LogP) is 1.15. The van der Waals surface area contributed by atoms with Gasteiger partial charge in [0.15, 0.2) is 11.4 Å². The molecule has 0 saturated carbocycles. The Bertz CT molecular complexity index is 768. The highest BCUT2D eigenvalue weighted by Crippen LogP contribution is 2.23. The maximum atomic E-state index is 13.0. The third-order valence-corrected chi connectivity index (χ3v) is 2.37. The summed E-state index contributed by atoms with van der Waals surface area (Å²) in [5.41, 5.74) is 14.7. The molecule has 2 heterocycles. The van der Waals surface area contributed by atoms with E-state index in [0.29, 0.717) is 17.1 Å². The SMILES string of the molecule is C=O.NC=O.NCc1cc2cc(F)cc(F)c2o1.Nc1ncccn1. The molecule has 3 aromatic rings. The molecule has 0 atom stereocenters. The lowest BCUT2D eigenvalue weighted by Crippen LogP contribution is -1.92. The number of hydrogen-bond acceptors (Lipinski definition) is 7. The highest BCUT2D eigenvalue weighted by Gasteiger charge is 2.09. The van der Waals surface area contributed by atoms with Gasteiger partial charge in [-0.2, -0.15) is 0 Å². The van der Waals surface area contributed by atoms with Crippen molar-refractivity contribution in [2.75, 3.05) is 5.73 Å². The van der Waals surface area contributed by atoms with Gasteiger partial charge in [0, 0.05) is 23.8 Å². The minimum absolute atomic E-state index is 0.0573. The van der Waals surface area contributed by atoms with Gasteiger partial charge in [0.25, 0.3) is 0 Å². The Hall–Kier alpha value is -3.40. The van der Waals surface area contributed by atoms with Crippen molar-refractivity contribution in [2.45, 2.75) is 6.54 Å². The number of halogens is 2. The number of furan rings is 1. The molecule has 6 N–H and O–H groups in total. The fourth-order valence-electron chi connectivity index (χ4n) is 1.54. The van der Waals surface area contributed by atoms with Gasteiger partial charge in [0.2, 0.25) is 12.4 Å². The monoisotopic (exact) mass is 353 g/mol. The average molecular weight is 353 g/mol. The summed E-state index contributed by atoms with van der Waals surface area (Å²) in [5, 5.41) is 0.401. The Morgan fingerprint density at radius 2 is 1.72 bits per heavy atom. The Morgan fingerprint density at radius 3 is 2.16 bits per heavy atom. The van der Waals surface area contributed by atoms with Gasteiger partial charge in [0.1, 0.15) is 18.4 Å². The Balaban J connectivity index is 0.000000406. The molecule has 2 aromatic heterocycles. The molecule has 0 aliphatic carbocycles. The van der Waals surface area contributed by atoms with Crippen LogP contribution in [-0.4, -0.2) is 23.2 Å². The van der Waals surface area contributed by atoms with Crippen LogP contribution in [0.4, 0.5) is 14.7 Å². The summed E-state index contributed by atoms with van der Waals surface area (Å²) >= 11 is 0. The number of carbonyl (C=O) groups excluding carboxylic acids is 2. The summed E-state index contributed by atoms with van der Waals surface area (Å²) in [6.07, 6.45) is 3.45. The van der Waals surface area contributed by atoms with Crippen molar-refractivity contribution in [3.63, 3.8) is 0 Å². The van der Waals surface area contributed by atoms with Crippen molar-refractivity contribution in [1.82, 2.24) is 9.97 Å². The van der Waals surface area contributed by atoms with E-state index in [4.69, 9.17) is 25.5 Å². The van der Waals surface area contributed by atoms with E-state index in [1.807, 2.05) is 6.79 Å². The first-order chi connectivity index (χ1) is 12.0. The molecular formula is C15H17F2N5O3. The van der Waals surface area contributed by atoms with Gasteiger partial charge in [-0.15, -0.1) is 0 Å². The standard InChI is InChI=1S/C9H7F2NO.C4H5N3.CH3NO.CH2O/c10-6-1-5-2-7(4-12)13-9(5)8(11)3-6;5-4-6-2-1-3-7-4;2-1-3;1-2/h1-3H,4,12H2;1-3H,(H2,5,6,7);1H,(H2,2,3);1H2. The first-order valence-electron chi connectivity index (χ1n) is 6.56. The summed E-state index contributed by atoms with van der Waals surface area (Å²) in [4.78, 5) is 23.9. The fourth-order valence-corrected chi connectivity index (χ4v) is 1.54. The minimum atomic E-state index is -0.699. The second kappa shape index (κ2) is 12.1. The van der Waals surface area contributed by atoms with Crippen molar-refractivity contribution in [3.8, 4) is 0 Å². The van der Waals surface area contributed by atoms with E-state index in [9.17, 15) is 8.78 Å². The van der Waals surface area contributed by atoms with Gasteiger partial charge in [-0.1, -0.05) is 0 Å². The molecule has 3 rings (SSSR count). The predicted molar refractivity (Wildman–Crippen MR) is 87.8 cm³/mol. The quantitative estimate of drug-likeness (QED) is 0.555. The van der Waals surface area contributed by atoms with Crippen LogP contribution in [0.5, 0.6) is 0 Å².